The molecule has 1 amide bonds. The summed E-state index contributed by atoms with van der Waals surface area (Å²) in [6.45, 7) is 1.90. The van der Waals surface area contributed by atoms with E-state index in [0.717, 1.165) is 18.0 Å². The van der Waals surface area contributed by atoms with E-state index in [-0.39, 0.29) is 17.9 Å². The second-order valence-electron chi connectivity index (χ2n) is 5.64. The van der Waals surface area contributed by atoms with Crippen molar-refractivity contribution in [2.24, 2.45) is 23.5 Å². The number of nitrogens with two attached hydrogens (primary N) is 1. The maximum Gasteiger partial charge on any atom is 0.229 e. The van der Waals surface area contributed by atoms with Gasteiger partial charge in [-0.2, -0.15) is 0 Å². The summed E-state index contributed by atoms with van der Waals surface area (Å²) in [6.07, 6.45) is 4.87. The summed E-state index contributed by atoms with van der Waals surface area (Å²) in [4.78, 5) is 16.6. The molecule has 2 aliphatic carbocycles. The highest BCUT2D eigenvalue weighted by molar-refractivity contribution is 7.13. The van der Waals surface area contributed by atoms with Gasteiger partial charge in [0.15, 0.2) is 5.13 Å². The van der Waals surface area contributed by atoms with Gasteiger partial charge >= 0.3 is 0 Å². The fourth-order valence-corrected chi connectivity index (χ4v) is 4.13. The highest BCUT2D eigenvalue weighted by atomic mass is 32.1. The van der Waals surface area contributed by atoms with Crippen LogP contribution >= 0.6 is 11.3 Å². The molecule has 4 atom stereocenters. The molecular weight excluding hydrogens is 246 g/mol. The topological polar surface area (TPSA) is 68.0 Å². The Kier molecular flexibility index (Phi) is 3.11. The Balaban J connectivity index is 1.63. The molecule has 0 radical (unpaired) electrons. The molecule has 3 rings (SSSR count). The Hall–Kier alpha value is -0.940. The van der Waals surface area contributed by atoms with E-state index in [9.17, 15) is 4.79 Å². The first kappa shape index (κ1) is 12.1. The molecule has 18 heavy (non-hydrogen) atoms. The van der Waals surface area contributed by atoms with Gasteiger partial charge in [0.25, 0.3) is 0 Å². The molecule has 5 heteroatoms. The number of nitrogens with one attached hydrogen (secondary N) is 1. The number of amides is 1. The van der Waals surface area contributed by atoms with Crippen molar-refractivity contribution in [3.05, 3.63) is 11.1 Å². The van der Waals surface area contributed by atoms with Gasteiger partial charge in [0, 0.05) is 17.3 Å². The largest absolute Gasteiger partial charge is 0.323 e. The molecule has 2 saturated carbocycles. The average molecular weight is 265 g/mol. The Morgan fingerprint density at radius 3 is 2.94 bits per heavy atom. The highest BCUT2D eigenvalue weighted by Crippen LogP contribution is 2.48. The molecule has 0 aliphatic heterocycles. The predicted octanol–water partition coefficient (Wildman–Crippen LogP) is 2.54. The molecule has 0 aromatic carbocycles. The van der Waals surface area contributed by atoms with Crippen molar-refractivity contribution < 1.29 is 4.79 Å². The summed E-state index contributed by atoms with van der Waals surface area (Å²) >= 11 is 1.46. The number of thiazole rings is 1. The second-order valence-corrected chi connectivity index (χ2v) is 6.49. The maximum absolute atomic E-state index is 12.2. The third-order valence-electron chi connectivity index (χ3n) is 4.29. The van der Waals surface area contributed by atoms with Crippen LogP contribution in [0.1, 0.15) is 44.3 Å². The number of aromatic nitrogens is 1. The molecule has 4 unspecified atom stereocenters. The Morgan fingerprint density at radius 2 is 2.39 bits per heavy atom. The minimum atomic E-state index is -0.0746. The summed E-state index contributed by atoms with van der Waals surface area (Å²) in [5.41, 5.74) is 6.61. The van der Waals surface area contributed by atoms with E-state index in [4.69, 9.17) is 5.73 Å². The average Bonchev–Trinajstić information content (AvgIpc) is 3.03. The predicted molar refractivity (Wildman–Crippen MR) is 72.3 cm³/mol. The summed E-state index contributed by atoms with van der Waals surface area (Å²) in [5, 5.41) is 5.56. The number of carbonyl (C=O) groups excluding carboxylic acids is 1. The first-order valence-corrected chi connectivity index (χ1v) is 7.53. The lowest BCUT2D eigenvalue weighted by molar-refractivity contribution is -0.121. The molecule has 1 aromatic heterocycles. The van der Waals surface area contributed by atoms with E-state index >= 15 is 0 Å². The molecule has 2 bridgehead atoms. The lowest BCUT2D eigenvalue weighted by Gasteiger charge is -2.19. The minimum absolute atomic E-state index is 0.0746. The summed E-state index contributed by atoms with van der Waals surface area (Å²) in [5.74, 6) is 1.78. The molecule has 1 heterocycles. The van der Waals surface area contributed by atoms with E-state index < -0.39 is 0 Å². The molecule has 98 valence electrons. The van der Waals surface area contributed by atoms with Crippen LogP contribution in [0.15, 0.2) is 5.38 Å². The van der Waals surface area contributed by atoms with Gasteiger partial charge in [-0.15, -0.1) is 11.3 Å². The number of anilines is 1. The zero-order valence-corrected chi connectivity index (χ0v) is 11.4. The van der Waals surface area contributed by atoms with Gasteiger partial charge in [-0.1, -0.05) is 6.42 Å². The fourth-order valence-electron chi connectivity index (χ4n) is 3.32. The number of fused-ring (bicyclic) bond motifs is 2. The van der Waals surface area contributed by atoms with Crippen LogP contribution in [0.3, 0.4) is 0 Å². The van der Waals surface area contributed by atoms with Crippen LogP contribution in [-0.4, -0.2) is 10.9 Å². The zero-order valence-electron chi connectivity index (χ0n) is 10.6. The lowest BCUT2D eigenvalue weighted by Crippen LogP contribution is -2.27. The van der Waals surface area contributed by atoms with Gasteiger partial charge in [0.1, 0.15) is 0 Å². The first-order chi connectivity index (χ1) is 8.63. The minimum Gasteiger partial charge on any atom is -0.323 e. The van der Waals surface area contributed by atoms with Crippen LogP contribution in [0.5, 0.6) is 0 Å². The van der Waals surface area contributed by atoms with E-state index in [1.165, 1.54) is 30.6 Å². The van der Waals surface area contributed by atoms with E-state index in [0.29, 0.717) is 11.0 Å². The lowest BCUT2D eigenvalue weighted by atomic mass is 9.88. The monoisotopic (exact) mass is 265 g/mol. The van der Waals surface area contributed by atoms with Crippen molar-refractivity contribution in [3.8, 4) is 0 Å². The molecule has 1 aromatic rings. The van der Waals surface area contributed by atoms with Crippen LogP contribution < -0.4 is 11.1 Å². The summed E-state index contributed by atoms with van der Waals surface area (Å²) < 4.78 is 0. The molecule has 3 N–H and O–H groups in total. The Bertz CT molecular complexity index is 457. The Labute approximate surface area is 111 Å². The maximum atomic E-state index is 12.2. The van der Waals surface area contributed by atoms with Crippen LogP contribution in [0.25, 0.3) is 0 Å². The highest BCUT2D eigenvalue weighted by Gasteiger charge is 2.43. The second kappa shape index (κ2) is 4.63. The fraction of sp³-hybridized carbons (Fsp3) is 0.692. The third-order valence-corrected chi connectivity index (χ3v) is 5.07. The SMILES string of the molecule is CC(N)c1csc(NC(=O)C2CC3CCC2C3)n1. The van der Waals surface area contributed by atoms with Crippen LogP contribution in [0.4, 0.5) is 5.13 Å². The van der Waals surface area contributed by atoms with E-state index in [1.807, 2.05) is 12.3 Å². The van der Waals surface area contributed by atoms with Gasteiger partial charge in [-0.25, -0.2) is 4.98 Å². The third kappa shape index (κ3) is 2.17. The van der Waals surface area contributed by atoms with E-state index in [2.05, 4.69) is 10.3 Å². The smallest absolute Gasteiger partial charge is 0.229 e. The van der Waals surface area contributed by atoms with Gasteiger partial charge in [0.05, 0.1) is 5.69 Å². The van der Waals surface area contributed by atoms with Gasteiger partial charge < -0.3 is 11.1 Å². The van der Waals surface area contributed by atoms with Crippen molar-refractivity contribution in [3.63, 3.8) is 0 Å². The summed E-state index contributed by atoms with van der Waals surface area (Å²) in [7, 11) is 0. The first-order valence-electron chi connectivity index (χ1n) is 6.65. The van der Waals surface area contributed by atoms with Crippen LogP contribution in [0, 0.1) is 17.8 Å². The van der Waals surface area contributed by atoms with Crippen molar-refractivity contribution in [2.75, 3.05) is 5.32 Å². The molecule has 0 spiro atoms. The number of carbonyl (C=O) groups is 1. The molecule has 2 fully saturated rings. The quantitative estimate of drug-likeness (QED) is 0.882. The van der Waals surface area contributed by atoms with Crippen LogP contribution in [0.2, 0.25) is 0 Å². The van der Waals surface area contributed by atoms with Crippen molar-refractivity contribution in [1.29, 1.82) is 0 Å². The standard InChI is InChI=1S/C13H19N3OS/c1-7(14)11-6-18-13(15-11)16-12(17)10-5-8-2-3-9(10)4-8/h6-10H,2-5,14H2,1H3,(H,15,16,17). The number of nitrogens with zero attached hydrogens (tertiary/aromatic N) is 1. The van der Waals surface area contributed by atoms with Crippen LogP contribution in [-0.2, 0) is 4.79 Å². The number of hydrogen-bond acceptors (Lipinski definition) is 4. The van der Waals surface area contributed by atoms with Gasteiger partial charge in [-0.05, 0) is 38.0 Å². The van der Waals surface area contributed by atoms with Crippen molar-refractivity contribution in [1.82, 2.24) is 4.98 Å². The molecule has 0 saturated heterocycles. The van der Waals surface area contributed by atoms with Gasteiger partial charge in [-0.3, -0.25) is 4.79 Å². The normalized spacial score (nSPS) is 31.6. The molecule has 4 nitrogen and oxygen atoms in total. The zero-order chi connectivity index (χ0) is 12.7. The molecule has 2 aliphatic rings. The van der Waals surface area contributed by atoms with Crippen molar-refractivity contribution >= 4 is 22.4 Å². The number of hydrogen-bond donors (Lipinski definition) is 2. The Morgan fingerprint density at radius 1 is 1.56 bits per heavy atom. The van der Waals surface area contributed by atoms with E-state index in [1.54, 1.807) is 0 Å². The van der Waals surface area contributed by atoms with Crippen molar-refractivity contribution in [2.45, 2.75) is 38.6 Å². The molecular formula is C13H19N3OS. The van der Waals surface area contributed by atoms with Gasteiger partial charge in [0.2, 0.25) is 5.91 Å². The number of rotatable bonds is 3. The summed E-state index contributed by atoms with van der Waals surface area (Å²) in [6, 6.07) is -0.0746.